The second kappa shape index (κ2) is 8.95. The lowest BCUT2D eigenvalue weighted by molar-refractivity contribution is -0.127. The van der Waals surface area contributed by atoms with Crippen molar-refractivity contribution in [1.29, 1.82) is 0 Å². The van der Waals surface area contributed by atoms with Crippen LogP contribution in [0.25, 0.3) is 0 Å². The third-order valence-electron chi connectivity index (χ3n) is 2.07. The van der Waals surface area contributed by atoms with Crippen LogP contribution in [0, 0.1) is 0 Å². The van der Waals surface area contributed by atoms with Gasteiger partial charge in [0, 0.05) is 19.8 Å². The highest BCUT2D eigenvalue weighted by Gasteiger charge is 2.13. The second-order valence-electron chi connectivity index (χ2n) is 4.18. The fourth-order valence-corrected chi connectivity index (χ4v) is 1.25. The summed E-state index contributed by atoms with van der Waals surface area (Å²) in [5.74, 6) is -0.516. The summed E-state index contributed by atoms with van der Waals surface area (Å²) in [6, 6.07) is -0.522. The van der Waals surface area contributed by atoms with Crippen LogP contribution in [0.5, 0.6) is 0 Å². The van der Waals surface area contributed by atoms with Crippen LogP contribution in [-0.4, -0.2) is 44.2 Å². The van der Waals surface area contributed by atoms with E-state index >= 15 is 0 Å². The molecule has 1 unspecified atom stereocenters. The molecule has 0 saturated carbocycles. The van der Waals surface area contributed by atoms with E-state index in [4.69, 9.17) is 10.5 Å². The molecular weight excluding hydrogens is 222 g/mol. The highest BCUT2D eigenvalue weighted by Crippen LogP contribution is 1.94. The molecule has 0 rings (SSSR count). The summed E-state index contributed by atoms with van der Waals surface area (Å²) in [5.41, 5.74) is 5.65. The summed E-state index contributed by atoms with van der Waals surface area (Å²) in [5, 5.41) is 5.17. The maximum atomic E-state index is 11.5. The first-order valence-corrected chi connectivity index (χ1v) is 5.79. The molecule has 6 nitrogen and oxygen atoms in total. The number of nitrogens with two attached hydrogens (primary N) is 1. The van der Waals surface area contributed by atoms with Crippen molar-refractivity contribution in [1.82, 2.24) is 10.6 Å². The monoisotopic (exact) mass is 245 g/mol. The topological polar surface area (TPSA) is 93.4 Å². The maximum absolute atomic E-state index is 11.5. The van der Waals surface area contributed by atoms with Crippen molar-refractivity contribution >= 4 is 11.8 Å². The summed E-state index contributed by atoms with van der Waals surface area (Å²) >= 11 is 0. The van der Waals surface area contributed by atoms with E-state index in [1.165, 1.54) is 0 Å². The molecule has 0 saturated heterocycles. The van der Waals surface area contributed by atoms with Crippen LogP contribution in [0.3, 0.4) is 0 Å². The Balaban J connectivity index is 3.73. The molecular formula is C11H23N3O3. The minimum absolute atomic E-state index is 0.0327. The fourth-order valence-electron chi connectivity index (χ4n) is 1.25. The number of carbonyl (C=O) groups is 2. The maximum Gasteiger partial charge on any atom is 0.239 e. The smallest absolute Gasteiger partial charge is 0.239 e. The third-order valence-corrected chi connectivity index (χ3v) is 2.07. The van der Waals surface area contributed by atoms with E-state index in [-0.39, 0.29) is 24.4 Å². The zero-order chi connectivity index (χ0) is 13.3. The minimum atomic E-state index is -0.586. The Bertz CT molecular complexity index is 244. The Morgan fingerprint density at radius 2 is 2.00 bits per heavy atom. The number of hydrogen-bond donors (Lipinski definition) is 3. The van der Waals surface area contributed by atoms with E-state index in [0.717, 1.165) is 6.42 Å². The van der Waals surface area contributed by atoms with Crippen molar-refractivity contribution in [3.8, 4) is 0 Å². The first-order chi connectivity index (χ1) is 7.97. The molecule has 0 aromatic carbocycles. The van der Waals surface area contributed by atoms with E-state index in [0.29, 0.717) is 13.0 Å². The molecule has 6 heteroatoms. The number of nitrogens with one attached hydrogen (secondary N) is 2. The Morgan fingerprint density at radius 3 is 2.53 bits per heavy atom. The lowest BCUT2D eigenvalue weighted by Gasteiger charge is -2.13. The van der Waals surface area contributed by atoms with Crippen LogP contribution in [0.2, 0.25) is 0 Å². The molecule has 0 aliphatic carbocycles. The molecule has 2 amide bonds. The van der Waals surface area contributed by atoms with Gasteiger partial charge in [0.2, 0.25) is 11.8 Å². The first kappa shape index (κ1) is 15.9. The number of carbonyl (C=O) groups excluding carboxylic acids is 2. The SMILES string of the molecule is COCCCC(N)C(=O)NCC(=O)NC(C)C. The molecule has 100 valence electrons. The van der Waals surface area contributed by atoms with Crippen LogP contribution in [-0.2, 0) is 14.3 Å². The van der Waals surface area contributed by atoms with Crippen molar-refractivity contribution in [3.63, 3.8) is 0 Å². The summed E-state index contributed by atoms with van der Waals surface area (Å²) in [6.45, 7) is 4.26. The van der Waals surface area contributed by atoms with E-state index in [9.17, 15) is 9.59 Å². The van der Waals surface area contributed by atoms with Crippen molar-refractivity contribution in [2.24, 2.45) is 5.73 Å². The van der Waals surface area contributed by atoms with Crippen molar-refractivity contribution < 1.29 is 14.3 Å². The Labute approximate surface area is 102 Å². The highest BCUT2D eigenvalue weighted by atomic mass is 16.5. The summed E-state index contributed by atoms with van der Waals surface area (Å²) in [6.07, 6.45) is 1.27. The minimum Gasteiger partial charge on any atom is -0.385 e. The predicted molar refractivity (Wildman–Crippen MR) is 65.4 cm³/mol. The van der Waals surface area contributed by atoms with E-state index < -0.39 is 6.04 Å². The second-order valence-corrected chi connectivity index (χ2v) is 4.18. The Morgan fingerprint density at radius 1 is 1.35 bits per heavy atom. The molecule has 1 atom stereocenters. The van der Waals surface area contributed by atoms with Gasteiger partial charge >= 0.3 is 0 Å². The largest absolute Gasteiger partial charge is 0.385 e. The number of rotatable bonds is 8. The van der Waals surface area contributed by atoms with Gasteiger partial charge in [-0.15, -0.1) is 0 Å². The van der Waals surface area contributed by atoms with Gasteiger partial charge in [0.15, 0.2) is 0 Å². The number of ether oxygens (including phenoxy) is 1. The van der Waals surface area contributed by atoms with Gasteiger partial charge in [-0.2, -0.15) is 0 Å². The Hall–Kier alpha value is -1.14. The average Bonchev–Trinajstić information content (AvgIpc) is 2.25. The lowest BCUT2D eigenvalue weighted by atomic mass is 10.1. The summed E-state index contributed by atoms with van der Waals surface area (Å²) in [4.78, 5) is 22.7. The molecule has 17 heavy (non-hydrogen) atoms. The van der Waals surface area contributed by atoms with Crippen LogP contribution in [0.15, 0.2) is 0 Å². The quantitative estimate of drug-likeness (QED) is 0.497. The van der Waals surface area contributed by atoms with Gasteiger partial charge in [0.25, 0.3) is 0 Å². The standard InChI is InChI=1S/C11H23N3O3/c1-8(2)14-10(15)7-13-11(16)9(12)5-4-6-17-3/h8-9H,4-7,12H2,1-3H3,(H,13,16)(H,14,15). The fraction of sp³-hybridized carbons (Fsp3) is 0.818. The molecule has 4 N–H and O–H groups in total. The number of methoxy groups -OCH3 is 1. The van der Waals surface area contributed by atoms with Gasteiger partial charge in [0.05, 0.1) is 12.6 Å². The van der Waals surface area contributed by atoms with Gasteiger partial charge in [-0.3, -0.25) is 9.59 Å². The normalized spacial score (nSPS) is 12.3. The van der Waals surface area contributed by atoms with Gasteiger partial charge in [-0.05, 0) is 26.7 Å². The van der Waals surface area contributed by atoms with Crippen LogP contribution in [0.1, 0.15) is 26.7 Å². The van der Waals surface area contributed by atoms with Gasteiger partial charge < -0.3 is 21.1 Å². The van der Waals surface area contributed by atoms with Crippen molar-refractivity contribution in [3.05, 3.63) is 0 Å². The van der Waals surface area contributed by atoms with Crippen LogP contribution in [0.4, 0.5) is 0 Å². The molecule has 0 aliphatic heterocycles. The molecule has 0 fully saturated rings. The third kappa shape index (κ3) is 8.65. The van der Waals surface area contributed by atoms with Crippen molar-refractivity contribution in [2.75, 3.05) is 20.3 Å². The first-order valence-electron chi connectivity index (χ1n) is 5.79. The lowest BCUT2D eigenvalue weighted by Crippen LogP contribution is -2.46. The molecule has 0 spiro atoms. The van der Waals surface area contributed by atoms with Gasteiger partial charge in [-0.1, -0.05) is 0 Å². The van der Waals surface area contributed by atoms with Crippen LogP contribution >= 0.6 is 0 Å². The van der Waals surface area contributed by atoms with Gasteiger partial charge in [0.1, 0.15) is 0 Å². The molecule has 0 heterocycles. The average molecular weight is 245 g/mol. The van der Waals surface area contributed by atoms with Crippen molar-refractivity contribution in [2.45, 2.75) is 38.8 Å². The zero-order valence-electron chi connectivity index (χ0n) is 10.8. The Kier molecular flexibility index (Phi) is 8.35. The zero-order valence-corrected chi connectivity index (χ0v) is 10.8. The van der Waals surface area contributed by atoms with E-state index in [2.05, 4.69) is 10.6 Å². The molecule has 0 bridgehead atoms. The van der Waals surface area contributed by atoms with E-state index in [1.54, 1.807) is 7.11 Å². The molecule has 0 radical (unpaired) electrons. The van der Waals surface area contributed by atoms with Gasteiger partial charge in [-0.25, -0.2) is 0 Å². The molecule has 0 aromatic heterocycles. The molecule has 0 aromatic rings. The summed E-state index contributed by atoms with van der Waals surface area (Å²) in [7, 11) is 1.60. The molecule has 0 aliphatic rings. The number of hydrogen-bond acceptors (Lipinski definition) is 4. The number of amides is 2. The highest BCUT2D eigenvalue weighted by molar-refractivity contribution is 5.87. The van der Waals surface area contributed by atoms with E-state index in [1.807, 2.05) is 13.8 Å². The predicted octanol–water partition coefficient (Wildman–Crippen LogP) is -0.619. The van der Waals surface area contributed by atoms with Crippen LogP contribution < -0.4 is 16.4 Å². The summed E-state index contributed by atoms with van der Waals surface area (Å²) < 4.78 is 4.86.